The van der Waals surface area contributed by atoms with Gasteiger partial charge in [0.25, 0.3) is 5.91 Å². The molecule has 1 aliphatic rings. The molecule has 0 unspecified atom stereocenters. The predicted molar refractivity (Wildman–Crippen MR) is 62.4 cm³/mol. The Morgan fingerprint density at radius 3 is 2.53 bits per heavy atom. The first-order valence-corrected chi connectivity index (χ1v) is 5.67. The van der Waals surface area contributed by atoms with Gasteiger partial charge in [-0.05, 0) is 5.92 Å². The van der Waals surface area contributed by atoms with Gasteiger partial charge in [-0.3, -0.25) is 10.1 Å². The van der Waals surface area contributed by atoms with E-state index in [1.165, 1.54) is 0 Å². The van der Waals surface area contributed by atoms with Crippen LogP contribution in [-0.2, 0) is 23.8 Å². The third kappa shape index (κ3) is 4.49. The van der Waals surface area contributed by atoms with Crippen LogP contribution in [0.15, 0.2) is 12.0 Å². The van der Waals surface area contributed by atoms with Gasteiger partial charge in [0.05, 0.1) is 0 Å². The Hall–Kier alpha value is -2.25. The summed E-state index contributed by atoms with van der Waals surface area (Å²) >= 11 is 0. The zero-order valence-corrected chi connectivity index (χ0v) is 10.7. The normalized spacial score (nSPS) is 15.6. The molecule has 0 bridgehead atoms. The zero-order valence-electron chi connectivity index (χ0n) is 10.7. The quantitative estimate of drug-likeness (QED) is 0.675. The minimum atomic E-state index is -1.15. The van der Waals surface area contributed by atoms with E-state index in [4.69, 9.17) is 19.9 Å². The molecular weight excluding hydrogens is 256 g/mol. The fraction of sp³-hybridized carbons (Fsp3) is 0.545. The van der Waals surface area contributed by atoms with Gasteiger partial charge >= 0.3 is 12.0 Å². The Balaban J connectivity index is 2.67. The van der Waals surface area contributed by atoms with E-state index in [-0.39, 0.29) is 18.3 Å². The number of nitrogens with one attached hydrogen (secondary N) is 1. The number of ether oxygens (including phenoxy) is 3. The summed E-state index contributed by atoms with van der Waals surface area (Å²) in [7, 11) is 0. The lowest BCUT2D eigenvalue weighted by atomic mass is 10.1. The molecule has 0 aliphatic carbocycles. The lowest BCUT2D eigenvalue weighted by Gasteiger charge is -2.21. The molecule has 3 amide bonds. The van der Waals surface area contributed by atoms with Crippen LogP contribution in [0, 0.1) is 5.92 Å². The van der Waals surface area contributed by atoms with Gasteiger partial charge in [0.1, 0.15) is 19.5 Å². The number of carbonyl (C=O) groups is 3. The van der Waals surface area contributed by atoms with Gasteiger partial charge in [0.2, 0.25) is 5.76 Å². The number of rotatable bonds is 4. The molecule has 1 atom stereocenters. The molecule has 0 fully saturated rings. The van der Waals surface area contributed by atoms with E-state index in [0.29, 0.717) is 6.61 Å². The predicted octanol–water partition coefficient (Wildman–Crippen LogP) is -0.363. The number of imide groups is 1. The van der Waals surface area contributed by atoms with E-state index in [1.807, 2.05) is 5.32 Å². The number of nitrogens with two attached hydrogens (primary N) is 1. The summed E-state index contributed by atoms with van der Waals surface area (Å²) in [5.41, 5.74) is 4.84. The second-order valence-electron chi connectivity index (χ2n) is 4.12. The Bertz CT molecular complexity index is 404. The van der Waals surface area contributed by atoms with Gasteiger partial charge in [-0.25, -0.2) is 9.59 Å². The average Bonchev–Trinajstić information content (AvgIpc) is 2.35. The molecule has 19 heavy (non-hydrogen) atoms. The van der Waals surface area contributed by atoms with Gasteiger partial charge in [0, 0.05) is 0 Å². The highest BCUT2D eigenvalue weighted by Crippen LogP contribution is 2.12. The molecule has 0 saturated heterocycles. The fourth-order valence-electron chi connectivity index (χ4n) is 1.33. The van der Waals surface area contributed by atoms with Crippen molar-refractivity contribution in [3.8, 4) is 0 Å². The van der Waals surface area contributed by atoms with Gasteiger partial charge < -0.3 is 19.9 Å². The smallest absolute Gasteiger partial charge is 0.377 e. The zero-order chi connectivity index (χ0) is 14.4. The van der Waals surface area contributed by atoms with Crippen molar-refractivity contribution in [1.29, 1.82) is 0 Å². The van der Waals surface area contributed by atoms with E-state index in [2.05, 4.69) is 0 Å². The minimum absolute atomic E-state index is 0.122. The van der Waals surface area contributed by atoms with Crippen molar-refractivity contribution in [2.75, 3.05) is 13.2 Å². The number of carbonyl (C=O) groups excluding carboxylic acids is 3. The van der Waals surface area contributed by atoms with Crippen molar-refractivity contribution in [1.82, 2.24) is 5.32 Å². The summed E-state index contributed by atoms with van der Waals surface area (Å²) in [6, 6.07) is -1.01. The van der Waals surface area contributed by atoms with E-state index in [9.17, 15) is 14.4 Å². The summed E-state index contributed by atoms with van der Waals surface area (Å²) < 4.78 is 14.9. The Morgan fingerprint density at radius 2 is 2.05 bits per heavy atom. The van der Waals surface area contributed by atoms with Crippen molar-refractivity contribution >= 4 is 17.9 Å². The fourth-order valence-corrected chi connectivity index (χ4v) is 1.33. The second-order valence-corrected chi connectivity index (χ2v) is 4.12. The summed E-state index contributed by atoms with van der Waals surface area (Å²) in [6.07, 6.45) is -0.0266. The summed E-state index contributed by atoms with van der Waals surface area (Å²) in [6.45, 7) is 3.88. The van der Waals surface area contributed by atoms with E-state index in [0.717, 1.165) is 6.26 Å². The van der Waals surface area contributed by atoms with Crippen LogP contribution in [0.5, 0.6) is 0 Å². The van der Waals surface area contributed by atoms with Gasteiger partial charge in [0.15, 0.2) is 6.10 Å². The molecule has 0 spiro atoms. The Kier molecular flexibility index (Phi) is 5.16. The van der Waals surface area contributed by atoms with Gasteiger partial charge in [-0.2, -0.15) is 0 Å². The number of hydrogen-bond acceptors (Lipinski definition) is 6. The maximum absolute atomic E-state index is 11.7. The van der Waals surface area contributed by atoms with Gasteiger partial charge in [-0.1, -0.05) is 13.8 Å². The molecule has 1 rings (SSSR count). The molecule has 0 saturated carbocycles. The van der Waals surface area contributed by atoms with Crippen molar-refractivity contribution in [2.24, 2.45) is 11.7 Å². The van der Waals surface area contributed by atoms with Crippen molar-refractivity contribution in [3.63, 3.8) is 0 Å². The van der Waals surface area contributed by atoms with E-state index >= 15 is 0 Å². The van der Waals surface area contributed by atoms with Crippen LogP contribution in [-0.4, -0.2) is 37.2 Å². The van der Waals surface area contributed by atoms with E-state index in [1.54, 1.807) is 13.8 Å². The molecule has 106 valence electrons. The van der Waals surface area contributed by atoms with Crippen LogP contribution in [0.2, 0.25) is 0 Å². The number of hydrogen-bond donors (Lipinski definition) is 2. The maximum Gasteiger partial charge on any atom is 0.377 e. The highest BCUT2D eigenvalue weighted by atomic mass is 16.6. The van der Waals surface area contributed by atoms with Crippen LogP contribution < -0.4 is 11.1 Å². The van der Waals surface area contributed by atoms with Crippen molar-refractivity contribution in [2.45, 2.75) is 20.0 Å². The van der Waals surface area contributed by atoms with Crippen molar-refractivity contribution in [3.05, 3.63) is 12.0 Å². The monoisotopic (exact) mass is 272 g/mol. The number of primary amides is 1. The Labute approximate surface area is 109 Å². The first kappa shape index (κ1) is 14.8. The molecule has 8 heteroatoms. The SMILES string of the molecule is CC(C)[C@@H](OC(=O)C1=COCCO1)C(=O)NC(N)=O. The first-order chi connectivity index (χ1) is 8.91. The summed E-state index contributed by atoms with van der Waals surface area (Å²) in [4.78, 5) is 34.0. The van der Waals surface area contributed by atoms with Crippen LogP contribution >= 0.6 is 0 Å². The molecule has 0 radical (unpaired) electrons. The van der Waals surface area contributed by atoms with Gasteiger partial charge in [-0.15, -0.1) is 0 Å². The lowest BCUT2D eigenvalue weighted by Crippen LogP contribution is -2.45. The topological polar surface area (TPSA) is 117 Å². The summed E-state index contributed by atoms with van der Waals surface area (Å²) in [5.74, 6) is -2.08. The van der Waals surface area contributed by atoms with Crippen molar-refractivity contribution < 1.29 is 28.6 Å². The van der Waals surface area contributed by atoms with Crippen LogP contribution in [0.1, 0.15) is 13.8 Å². The molecule has 8 nitrogen and oxygen atoms in total. The number of urea groups is 1. The lowest BCUT2D eigenvalue weighted by molar-refractivity contribution is -0.158. The second kappa shape index (κ2) is 6.62. The minimum Gasteiger partial charge on any atom is -0.493 e. The molecule has 1 aliphatic heterocycles. The molecular formula is C11H16N2O6. The van der Waals surface area contributed by atoms with Crippen LogP contribution in [0.4, 0.5) is 4.79 Å². The third-order valence-electron chi connectivity index (χ3n) is 2.19. The highest BCUT2D eigenvalue weighted by Gasteiger charge is 2.29. The number of esters is 1. The first-order valence-electron chi connectivity index (χ1n) is 5.67. The standard InChI is InChI=1S/C11H16N2O6/c1-6(2)8(9(14)13-11(12)16)19-10(15)7-5-17-3-4-18-7/h5-6,8H,3-4H2,1-2H3,(H3,12,13,14,16)/t8-/m1/s1. The summed E-state index contributed by atoms with van der Waals surface area (Å²) in [5, 5.41) is 1.86. The molecule has 0 aromatic heterocycles. The molecule has 3 N–H and O–H groups in total. The number of amides is 3. The van der Waals surface area contributed by atoms with E-state index < -0.39 is 24.0 Å². The highest BCUT2D eigenvalue weighted by molar-refractivity contribution is 5.97. The molecule has 0 aromatic rings. The van der Waals surface area contributed by atoms with Crippen LogP contribution in [0.3, 0.4) is 0 Å². The third-order valence-corrected chi connectivity index (χ3v) is 2.19. The molecule has 0 aromatic carbocycles. The largest absolute Gasteiger partial charge is 0.493 e. The average molecular weight is 272 g/mol. The maximum atomic E-state index is 11.7. The molecule has 1 heterocycles. The Morgan fingerprint density at radius 1 is 1.37 bits per heavy atom. The van der Waals surface area contributed by atoms with Crippen LogP contribution in [0.25, 0.3) is 0 Å².